The Kier molecular flexibility index (Phi) is 9.21. The van der Waals surface area contributed by atoms with Gasteiger partial charge >= 0.3 is 0 Å². The Morgan fingerprint density at radius 1 is 0.966 bits per heavy atom. The zero-order chi connectivity index (χ0) is 20.9. The van der Waals surface area contributed by atoms with E-state index in [0.29, 0.717) is 18.8 Å². The quantitative estimate of drug-likeness (QED) is 0.346. The van der Waals surface area contributed by atoms with Gasteiger partial charge in [-0.3, -0.25) is 9.59 Å². The minimum atomic E-state index is -0.417. The van der Waals surface area contributed by atoms with Crippen LogP contribution in [0.25, 0.3) is 0 Å². The van der Waals surface area contributed by atoms with E-state index in [1.165, 1.54) is 6.21 Å². The van der Waals surface area contributed by atoms with Crippen molar-refractivity contribution in [1.29, 1.82) is 0 Å². The molecule has 2 aromatic rings. The predicted octanol–water partition coefficient (Wildman–Crippen LogP) is 3.14. The van der Waals surface area contributed by atoms with Crippen LogP contribution < -0.4 is 20.2 Å². The van der Waals surface area contributed by atoms with Crippen LogP contribution >= 0.6 is 0 Å². The summed E-state index contributed by atoms with van der Waals surface area (Å²) in [4.78, 5) is 23.9. The molecule has 0 heterocycles. The van der Waals surface area contributed by atoms with Gasteiger partial charge in [-0.05, 0) is 67.4 Å². The summed E-state index contributed by atoms with van der Waals surface area (Å²) in [6, 6.07) is 14.1. The lowest BCUT2D eigenvalue weighted by Gasteiger charge is -2.07. The van der Waals surface area contributed by atoms with E-state index in [2.05, 4.69) is 22.8 Å². The molecule has 0 aliphatic carbocycles. The molecule has 0 aromatic heterocycles. The number of carbonyl (C=O) groups is 2. The van der Waals surface area contributed by atoms with E-state index in [1.807, 2.05) is 31.2 Å². The van der Waals surface area contributed by atoms with Gasteiger partial charge in [0.05, 0.1) is 26.0 Å². The third kappa shape index (κ3) is 8.04. The third-order valence-corrected chi connectivity index (χ3v) is 3.89. The summed E-state index contributed by atoms with van der Waals surface area (Å²) in [6.45, 7) is 5.10. The molecule has 0 aliphatic rings. The number of nitrogens with zero attached hydrogens (tertiary/aromatic N) is 1. The van der Waals surface area contributed by atoms with Crippen molar-refractivity contribution in [3.8, 4) is 11.5 Å². The van der Waals surface area contributed by atoms with Crippen LogP contribution in [0.1, 0.15) is 42.6 Å². The number of hydrogen-bond donors (Lipinski definition) is 2. The summed E-state index contributed by atoms with van der Waals surface area (Å²) in [6.07, 6.45) is 3.57. The second-order valence-corrected chi connectivity index (χ2v) is 6.20. The molecule has 0 atom stereocenters. The summed E-state index contributed by atoms with van der Waals surface area (Å²) in [5.74, 6) is 0.740. The molecule has 0 saturated carbocycles. The first-order valence-corrected chi connectivity index (χ1v) is 9.68. The summed E-state index contributed by atoms with van der Waals surface area (Å²) in [7, 11) is 0. The molecule has 154 valence electrons. The van der Waals surface area contributed by atoms with E-state index in [1.54, 1.807) is 24.3 Å². The van der Waals surface area contributed by atoms with Crippen LogP contribution in [0.5, 0.6) is 11.5 Å². The maximum absolute atomic E-state index is 12.1. The number of rotatable bonds is 11. The lowest BCUT2D eigenvalue weighted by Crippen LogP contribution is -2.34. The Labute approximate surface area is 171 Å². The van der Waals surface area contributed by atoms with E-state index in [0.717, 1.165) is 29.9 Å². The Morgan fingerprint density at radius 3 is 2.28 bits per heavy atom. The molecule has 2 N–H and O–H groups in total. The normalized spacial score (nSPS) is 10.6. The fraction of sp³-hybridized carbons (Fsp3) is 0.318. The van der Waals surface area contributed by atoms with E-state index < -0.39 is 5.91 Å². The first-order valence-electron chi connectivity index (χ1n) is 9.68. The lowest BCUT2D eigenvalue weighted by atomic mass is 10.2. The molecule has 0 spiro atoms. The molecule has 0 bridgehead atoms. The highest BCUT2D eigenvalue weighted by Gasteiger charge is 2.08. The van der Waals surface area contributed by atoms with Gasteiger partial charge in [-0.2, -0.15) is 5.10 Å². The van der Waals surface area contributed by atoms with Crippen molar-refractivity contribution in [3.05, 3.63) is 59.7 Å². The smallest absolute Gasteiger partial charge is 0.259 e. The highest BCUT2D eigenvalue weighted by Crippen LogP contribution is 2.13. The Balaban J connectivity index is 1.73. The zero-order valence-electron chi connectivity index (χ0n) is 16.8. The van der Waals surface area contributed by atoms with Crippen molar-refractivity contribution in [1.82, 2.24) is 10.7 Å². The van der Waals surface area contributed by atoms with Crippen molar-refractivity contribution in [2.75, 3.05) is 19.8 Å². The first kappa shape index (κ1) is 21.9. The molecule has 0 fully saturated rings. The van der Waals surface area contributed by atoms with E-state index >= 15 is 0 Å². The SMILES string of the molecule is CCCCOc1ccc(C(=O)NCC(=O)N/N=C\c2ccc(OCC)cc2)cc1. The average molecular weight is 397 g/mol. The number of hydrazone groups is 1. The minimum Gasteiger partial charge on any atom is -0.494 e. The summed E-state index contributed by atoms with van der Waals surface area (Å²) in [5.41, 5.74) is 3.66. The highest BCUT2D eigenvalue weighted by molar-refractivity contribution is 5.96. The topological polar surface area (TPSA) is 89.0 Å². The molecule has 0 unspecified atom stereocenters. The van der Waals surface area contributed by atoms with Crippen LogP contribution in [-0.4, -0.2) is 37.8 Å². The van der Waals surface area contributed by atoms with E-state index in [9.17, 15) is 9.59 Å². The predicted molar refractivity (Wildman–Crippen MR) is 113 cm³/mol. The maximum atomic E-state index is 12.1. The summed E-state index contributed by atoms with van der Waals surface area (Å²) in [5, 5.41) is 6.44. The second kappa shape index (κ2) is 12.2. The number of hydrogen-bond acceptors (Lipinski definition) is 5. The Hall–Kier alpha value is -3.35. The van der Waals surface area contributed by atoms with Gasteiger partial charge in [-0.1, -0.05) is 13.3 Å². The van der Waals surface area contributed by atoms with Crippen LogP contribution in [0, 0.1) is 0 Å². The first-order chi connectivity index (χ1) is 14.1. The van der Waals surface area contributed by atoms with Gasteiger partial charge in [0.25, 0.3) is 11.8 Å². The molecule has 7 heteroatoms. The summed E-state index contributed by atoms with van der Waals surface area (Å²) < 4.78 is 10.9. The maximum Gasteiger partial charge on any atom is 0.259 e. The van der Waals surface area contributed by atoms with Gasteiger partial charge in [0, 0.05) is 5.56 Å². The van der Waals surface area contributed by atoms with Crippen LogP contribution in [0.15, 0.2) is 53.6 Å². The van der Waals surface area contributed by atoms with Crippen molar-refractivity contribution in [2.45, 2.75) is 26.7 Å². The average Bonchev–Trinajstić information content (AvgIpc) is 2.74. The van der Waals surface area contributed by atoms with Gasteiger partial charge in [-0.25, -0.2) is 5.43 Å². The molecule has 0 saturated heterocycles. The van der Waals surface area contributed by atoms with Crippen LogP contribution in [0.3, 0.4) is 0 Å². The van der Waals surface area contributed by atoms with Gasteiger partial charge < -0.3 is 14.8 Å². The second-order valence-electron chi connectivity index (χ2n) is 6.20. The number of ether oxygens (including phenoxy) is 2. The monoisotopic (exact) mass is 397 g/mol. The van der Waals surface area contributed by atoms with E-state index in [4.69, 9.17) is 9.47 Å². The number of benzene rings is 2. The number of carbonyl (C=O) groups excluding carboxylic acids is 2. The molecule has 0 aliphatic heterocycles. The van der Waals surface area contributed by atoms with Crippen molar-refractivity contribution < 1.29 is 19.1 Å². The van der Waals surface area contributed by atoms with Gasteiger partial charge in [-0.15, -0.1) is 0 Å². The Bertz CT molecular complexity index is 802. The molecule has 29 heavy (non-hydrogen) atoms. The fourth-order valence-electron chi connectivity index (χ4n) is 2.33. The van der Waals surface area contributed by atoms with Gasteiger partial charge in [0.15, 0.2) is 0 Å². The molecule has 2 amide bonds. The van der Waals surface area contributed by atoms with Crippen molar-refractivity contribution >= 4 is 18.0 Å². The standard InChI is InChI=1S/C22H27N3O4/c1-3-5-14-29-20-12-8-18(9-13-20)22(27)23-16-21(26)25-24-15-17-6-10-19(11-7-17)28-4-2/h6-13,15H,3-5,14,16H2,1-2H3,(H,23,27)(H,25,26)/b24-15-. The third-order valence-electron chi connectivity index (χ3n) is 3.89. The van der Waals surface area contributed by atoms with Crippen LogP contribution in [-0.2, 0) is 4.79 Å². The van der Waals surface area contributed by atoms with Gasteiger partial charge in [0.1, 0.15) is 11.5 Å². The zero-order valence-corrected chi connectivity index (χ0v) is 16.8. The molecular weight excluding hydrogens is 370 g/mol. The van der Waals surface area contributed by atoms with Crippen molar-refractivity contribution in [3.63, 3.8) is 0 Å². The molecule has 0 radical (unpaired) electrons. The highest BCUT2D eigenvalue weighted by atomic mass is 16.5. The van der Waals surface area contributed by atoms with Crippen LogP contribution in [0.2, 0.25) is 0 Å². The van der Waals surface area contributed by atoms with Crippen molar-refractivity contribution in [2.24, 2.45) is 5.10 Å². The molecule has 2 aromatic carbocycles. The summed E-state index contributed by atoms with van der Waals surface area (Å²) >= 11 is 0. The number of amides is 2. The van der Waals surface area contributed by atoms with Crippen LogP contribution in [0.4, 0.5) is 0 Å². The Morgan fingerprint density at radius 2 is 1.62 bits per heavy atom. The van der Waals surface area contributed by atoms with Gasteiger partial charge in [0.2, 0.25) is 0 Å². The number of unbranched alkanes of at least 4 members (excludes halogenated alkanes) is 1. The molecule has 7 nitrogen and oxygen atoms in total. The number of nitrogens with one attached hydrogen (secondary N) is 2. The molecule has 2 rings (SSSR count). The lowest BCUT2D eigenvalue weighted by molar-refractivity contribution is -0.120. The molecular formula is C22H27N3O4. The largest absolute Gasteiger partial charge is 0.494 e. The minimum absolute atomic E-state index is 0.172. The van der Waals surface area contributed by atoms with E-state index in [-0.39, 0.29) is 12.5 Å². The fourth-order valence-corrected chi connectivity index (χ4v) is 2.33.